The molecule has 0 spiro atoms. The van der Waals surface area contributed by atoms with E-state index >= 15 is 0 Å². The maximum absolute atomic E-state index is 12.6. The molecule has 3 aromatic carbocycles. The van der Waals surface area contributed by atoms with Gasteiger partial charge in [-0.15, -0.1) is 0 Å². The van der Waals surface area contributed by atoms with Gasteiger partial charge in [-0.25, -0.2) is 13.2 Å². The highest BCUT2D eigenvalue weighted by Gasteiger charge is 2.28. The number of carboxylic acids is 1. The molecule has 0 saturated carbocycles. The summed E-state index contributed by atoms with van der Waals surface area (Å²) in [5, 5.41) is 10.1. The van der Waals surface area contributed by atoms with Gasteiger partial charge in [0.1, 0.15) is 17.4 Å². The van der Waals surface area contributed by atoms with E-state index in [1.165, 1.54) is 12.1 Å². The van der Waals surface area contributed by atoms with E-state index in [0.29, 0.717) is 11.3 Å². The maximum atomic E-state index is 12.6. The van der Waals surface area contributed by atoms with Crippen LogP contribution in [0, 0.1) is 5.92 Å². The number of para-hydroxylation sites is 1. The number of esters is 1. The van der Waals surface area contributed by atoms with E-state index in [2.05, 4.69) is 4.72 Å². The van der Waals surface area contributed by atoms with Crippen LogP contribution in [0.5, 0.6) is 5.75 Å². The van der Waals surface area contributed by atoms with Crippen LogP contribution in [0.3, 0.4) is 0 Å². The summed E-state index contributed by atoms with van der Waals surface area (Å²) in [7, 11) is -4.00. The fourth-order valence-corrected chi connectivity index (χ4v) is 4.83. The SMILES string of the molecule is CC(C)[C@H](NS(=O)(=O)c1ccc(-c2ccc(OC(=O)c3cc4ccccc4o3)cc2)cc1)C(=O)O. The average Bonchev–Trinajstić information content (AvgIpc) is 3.27. The Morgan fingerprint density at radius 3 is 2.09 bits per heavy atom. The Morgan fingerprint density at radius 2 is 1.51 bits per heavy atom. The van der Waals surface area contributed by atoms with E-state index in [-0.39, 0.29) is 10.7 Å². The lowest BCUT2D eigenvalue weighted by Gasteiger charge is -2.18. The molecule has 1 aromatic heterocycles. The van der Waals surface area contributed by atoms with Crippen molar-refractivity contribution < 1.29 is 32.3 Å². The lowest BCUT2D eigenvalue weighted by Crippen LogP contribution is -2.44. The smallest absolute Gasteiger partial charge is 0.379 e. The van der Waals surface area contributed by atoms with E-state index in [9.17, 15) is 23.1 Å². The Morgan fingerprint density at radius 1 is 0.914 bits per heavy atom. The summed E-state index contributed by atoms with van der Waals surface area (Å²) in [6, 6.07) is 20.5. The number of furan rings is 1. The number of ether oxygens (including phenoxy) is 1. The molecule has 0 aliphatic carbocycles. The van der Waals surface area contributed by atoms with Crippen molar-refractivity contribution in [2.24, 2.45) is 5.92 Å². The largest absolute Gasteiger partial charge is 0.480 e. The molecular formula is C26H23NO7S. The van der Waals surface area contributed by atoms with Crippen LogP contribution in [0.25, 0.3) is 22.1 Å². The molecule has 180 valence electrons. The van der Waals surface area contributed by atoms with Crippen molar-refractivity contribution in [2.75, 3.05) is 0 Å². The predicted molar refractivity (Wildman–Crippen MR) is 130 cm³/mol. The molecule has 0 saturated heterocycles. The summed E-state index contributed by atoms with van der Waals surface area (Å²) >= 11 is 0. The zero-order chi connectivity index (χ0) is 25.2. The molecule has 0 fully saturated rings. The molecule has 4 aromatic rings. The summed E-state index contributed by atoms with van der Waals surface area (Å²) in [5.74, 6) is -1.83. The van der Waals surface area contributed by atoms with E-state index in [1.807, 2.05) is 18.2 Å². The van der Waals surface area contributed by atoms with E-state index in [0.717, 1.165) is 16.5 Å². The number of aliphatic carboxylic acids is 1. The molecule has 35 heavy (non-hydrogen) atoms. The normalized spacial score (nSPS) is 12.5. The number of carboxylic acid groups (broad SMARTS) is 1. The van der Waals surface area contributed by atoms with Gasteiger partial charge in [-0.3, -0.25) is 4.79 Å². The minimum absolute atomic E-state index is 0.0375. The monoisotopic (exact) mass is 493 g/mol. The fourth-order valence-electron chi connectivity index (χ4n) is 3.49. The summed E-state index contributed by atoms with van der Waals surface area (Å²) < 4.78 is 38.3. The zero-order valence-corrected chi connectivity index (χ0v) is 19.8. The van der Waals surface area contributed by atoms with Crippen molar-refractivity contribution in [3.05, 3.63) is 84.6 Å². The summed E-state index contributed by atoms with van der Waals surface area (Å²) in [6.45, 7) is 3.25. The Balaban J connectivity index is 1.45. The molecule has 1 heterocycles. The van der Waals surface area contributed by atoms with Crippen LogP contribution in [0.4, 0.5) is 0 Å². The third-order valence-corrected chi connectivity index (χ3v) is 6.86. The second-order valence-corrected chi connectivity index (χ2v) is 9.98. The summed E-state index contributed by atoms with van der Waals surface area (Å²) in [6.07, 6.45) is 0. The van der Waals surface area contributed by atoms with Crippen molar-refractivity contribution in [3.63, 3.8) is 0 Å². The van der Waals surface area contributed by atoms with Crippen LogP contribution in [-0.2, 0) is 14.8 Å². The first kappa shape index (κ1) is 24.2. The first-order valence-electron chi connectivity index (χ1n) is 10.8. The number of benzene rings is 3. The quantitative estimate of drug-likeness (QED) is 0.269. The average molecular weight is 494 g/mol. The molecule has 1 atom stereocenters. The van der Waals surface area contributed by atoms with E-state index in [4.69, 9.17) is 9.15 Å². The number of carbonyl (C=O) groups is 2. The van der Waals surface area contributed by atoms with Crippen molar-refractivity contribution in [1.29, 1.82) is 0 Å². The number of carbonyl (C=O) groups excluding carboxylic acids is 1. The minimum Gasteiger partial charge on any atom is -0.480 e. The highest BCUT2D eigenvalue weighted by Crippen LogP contribution is 2.25. The molecule has 0 aliphatic rings. The van der Waals surface area contributed by atoms with Gasteiger partial charge in [-0.2, -0.15) is 4.72 Å². The topological polar surface area (TPSA) is 123 Å². The van der Waals surface area contributed by atoms with Crippen LogP contribution < -0.4 is 9.46 Å². The first-order valence-corrected chi connectivity index (χ1v) is 12.3. The third-order valence-electron chi connectivity index (χ3n) is 5.40. The van der Waals surface area contributed by atoms with Crippen LogP contribution in [0.15, 0.2) is 88.2 Å². The number of nitrogens with one attached hydrogen (secondary N) is 1. The van der Waals surface area contributed by atoms with Crippen LogP contribution in [0.2, 0.25) is 0 Å². The van der Waals surface area contributed by atoms with Gasteiger partial charge in [0.2, 0.25) is 15.8 Å². The van der Waals surface area contributed by atoms with Gasteiger partial charge in [-0.05, 0) is 53.4 Å². The van der Waals surface area contributed by atoms with Crippen molar-refractivity contribution in [2.45, 2.75) is 24.8 Å². The summed E-state index contributed by atoms with van der Waals surface area (Å²) in [4.78, 5) is 23.7. The molecule has 0 amide bonds. The van der Waals surface area contributed by atoms with E-state index in [1.54, 1.807) is 62.4 Å². The lowest BCUT2D eigenvalue weighted by atomic mass is 10.1. The molecule has 9 heteroatoms. The van der Waals surface area contributed by atoms with Crippen molar-refractivity contribution in [1.82, 2.24) is 4.72 Å². The maximum Gasteiger partial charge on any atom is 0.379 e. The van der Waals surface area contributed by atoms with Gasteiger partial charge in [0.05, 0.1) is 4.90 Å². The highest BCUT2D eigenvalue weighted by molar-refractivity contribution is 7.89. The Kier molecular flexibility index (Phi) is 6.72. The molecule has 4 rings (SSSR count). The lowest BCUT2D eigenvalue weighted by molar-refractivity contribution is -0.140. The number of hydrogen-bond donors (Lipinski definition) is 2. The van der Waals surface area contributed by atoms with Crippen LogP contribution in [-0.4, -0.2) is 31.5 Å². The standard InChI is InChI=1S/C26H23NO7S/c1-16(2)24(25(28)29)27-35(31,32)21-13-9-18(10-14-21)17-7-11-20(12-8-17)33-26(30)23-15-19-5-3-4-6-22(19)34-23/h3-16,24,27H,1-2H3,(H,28,29)/t24-/m0/s1. The van der Waals surface area contributed by atoms with Gasteiger partial charge in [-0.1, -0.05) is 56.3 Å². The minimum atomic E-state index is -4.00. The second kappa shape index (κ2) is 9.73. The number of rotatable bonds is 8. The molecule has 0 bridgehead atoms. The number of sulfonamides is 1. The van der Waals surface area contributed by atoms with Gasteiger partial charge in [0, 0.05) is 5.39 Å². The number of hydrogen-bond acceptors (Lipinski definition) is 6. The molecule has 0 aliphatic heterocycles. The predicted octanol–water partition coefficient (Wildman–Crippen LogP) is 4.71. The molecule has 0 unspecified atom stereocenters. The Labute approximate surface area is 202 Å². The van der Waals surface area contributed by atoms with Gasteiger partial charge in [0.15, 0.2) is 0 Å². The van der Waals surface area contributed by atoms with Gasteiger partial charge >= 0.3 is 11.9 Å². The third kappa shape index (κ3) is 5.42. The Bertz CT molecular complexity index is 1440. The summed E-state index contributed by atoms with van der Waals surface area (Å²) in [5.41, 5.74) is 2.10. The zero-order valence-electron chi connectivity index (χ0n) is 19.0. The Hall–Kier alpha value is -3.95. The number of fused-ring (bicyclic) bond motifs is 1. The van der Waals surface area contributed by atoms with Crippen LogP contribution in [0.1, 0.15) is 24.4 Å². The van der Waals surface area contributed by atoms with E-state index < -0.39 is 33.9 Å². The van der Waals surface area contributed by atoms with Gasteiger partial charge in [0.25, 0.3) is 0 Å². The van der Waals surface area contributed by atoms with Crippen molar-refractivity contribution >= 4 is 32.9 Å². The molecule has 0 radical (unpaired) electrons. The molecule has 8 nitrogen and oxygen atoms in total. The highest BCUT2D eigenvalue weighted by atomic mass is 32.2. The van der Waals surface area contributed by atoms with Crippen LogP contribution >= 0.6 is 0 Å². The molecule has 2 N–H and O–H groups in total. The van der Waals surface area contributed by atoms with Crippen molar-refractivity contribution in [3.8, 4) is 16.9 Å². The molecular weight excluding hydrogens is 470 g/mol. The first-order chi connectivity index (χ1) is 16.6. The van der Waals surface area contributed by atoms with Gasteiger partial charge < -0.3 is 14.3 Å². The fraction of sp³-hybridized carbons (Fsp3) is 0.154. The second-order valence-electron chi connectivity index (χ2n) is 8.27.